The van der Waals surface area contributed by atoms with Crippen LogP contribution in [0.4, 0.5) is 18.9 Å². The molecule has 9 heteroatoms. The van der Waals surface area contributed by atoms with Crippen molar-refractivity contribution < 1.29 is 22.6 Å². The molecule has 1 aromatic carbocycles. The zero-order valence-electron chi connectivity index (χ0n) is 11.0. The van der Waals surface area contributed by atoms with E-state index in [0.29, 0.717) is 0 Å². The van der Waals surface area contributed by atoms with Gasteiger partial charge >= 0.3 is 6.36 Å². The Morgan fingerprint density at radius 1 is 1.09 bits per heavy atom. The van der Waals surface area contributed by atoms with Crippen LogP contribution in [0.1, 0.15) is 0 Å². The number of hydrogen-bond acceptors (Lipinski definition) is 6. The van der Waals surface area contributed by atoms with Gasteiger partial charge in [0.25, 0.3) is 0 Å². The molecule has 6 nitrogen and oxygen atoms in total. The van der Waals surface area contributed by atoms with Gasteiger partial charge < -0.3 is 14.8 Å². The fourth-order valence-corrected chi connectivity index (χ4v) is 1.39. The van der Waals surface area contributed by atoms with Gasteiger partial charge in [0.1, 0.15) is 23.9 Å². The minimum atomic E-state index is -4.93. The molecule has 0 aromatic heterocycles. The average Bonchev–Trinajstić information content (AvgIpc) is 2.46. The summed E-state index contributed by atoms with van der Waals surface area (Å²) in [5.41, 5.74) is -0.885. The molecule has 1 N–H and O–H groups in total. The van der Waals surface area contributed by atoms with E-state index >= 15 is 0 Å². The Morgan fingerprint density at radius 3 is 2.18 bits per heavy atom. The Hall–Kier alpha value is -3.38. The number of methoxy groups -OCH3 is 1. The summed E-state index contributed by atoms with van der Waals surface area (Å²) in [4.78, 5) is 0. The van der Waals surface area contributed by atoms with Crippen molar-refractivity contribution in [1.29, 1.82) is 15.8 Å². The lowest BCUT2D eigenvalue weighted by Crippen LogP contribution is -2.17. The number of benzene rings is 1. The van der Waals surface area contributed by atoms with Gasteiger partial charge in [-0.15, -0.1) is 13.2 Å². The SMILES string of the molecule is COc1ccc(NC(C#N)=C(C#N)C#N)cc1OC(F)(F)F. The second-order valence-corrected chi connectivity index (χ2v) is 3.62. The van der Waals surface area contributed by atoms with Crippen molar-refractivity contribution >= 4 is 5.69 Å². The predicted octanol–water partition coefficient (Wildman–Crippen LogP) is 2.83. The highest BCUT2D eigenvalue weighted by molar-refractivity contribution is 5.62. The molecule has 0 saturated heterocycles. The molecule has 0 aliphatic carbocycles. The van der Waals surface area contributed by atoms with E-state index in [4.69, 9.17) is 20.5 Å². The van der Waals surface area contributed by atoms with Crippen LogP contribution in [0.15, 0.2) is 29.5 Å². The van der Waals surface area contributed by atoms with Crippen LogP contribution in [0.25, 0.3) is 0 Å². The molecular formula is C13H7F3N4O2. The molecule has 0 saturated carbocycles. The van der Waals surface area contributed by atoms with Crippen LogP contribution in [0, 0.1) is 34.0 Å². The van der Waals surface area contributed by atoms with Crippen LogP contribution < -0.4 is 14.8 Å². The zero-order chi connectivity index (χ0) is 16.8. The number of rotatable bonds is 4. The number of nitrogens with zero attached hydrogens (tertiary/aromatic N) is 3. The molecule has 0 atom stereocenters. The lowest BCUT2D eigenvalue weighted by molar-refractivity contribution is -0.275. The van der Waals surface area contributed by atoms with E-state index in [-0.39, 0.29) is 11.4 Å². The minimum Gasteiger partial charge on any atom is -0.493 e. The van der Waals surface area contributed by atoms with Crippen molar-refractivity contribution in [3.8, 4) is 29.7 Å². The molecule has 1 aromatic rings. The lowest BCUT2D eigenvalue weighted by Gasteiger charge is -2.14. The number of ether oxygens (including phenoxy) is 2. The van der Waals surface area contributed by atoms with Gasteiger partial charge in [-0.2, -0.15) is 15.8 Å². The maximum Gasteiger partial charge on any atom is 0.573 e. The summed E-state index contributed by atoms with van der Waals surface area (Å²) in [5.74, 6) is -0.807. The average molecular weight is 308 g/mol. The molecule has 0 radical (unpaired) electrons. The third kappa shape index (κ3) is 4.32. The fraction of sp³-hybridized carbons (Fsp3) is 0.154. The first-order valence-corrected chi connectivity index (χ1v) is 5.50. The van der Waals surface area contributed by atoms with Crippen LogP contribution >= 0.6 is 0 Å². The van der Waals surface area contributed by atoms with Crippen LogP contribution in [0.3, 0.4) is 0 Å². The number of anilines is 1. The van der Waals surface area contributed by atoms with E-state index in [2.05, 4.69) is 10.1 Å². The Labute approximate surface area is 123 Å². The van der Waals surface area contributed by atoms with Gasteiger partial charge in [0.05, 0.1) is 7.11 Å². The third-order valence-corrected chi connectivity index (χ3v) is 2.24. The first-order chi connectivity index (χ1) is 10.3. The second-order valence-electron chi connectivity index (χ2n) is 3.62. The Bertz CT molecular complexity index is 705. The molecule has 0 unspecified atom stereocenters. The highest BCUT2D eigenvalue weighted by atomic mass is 19.4. The number of alkyl halides is 3. The van der Waals surface area contributed by atoms with Crippen molar-refractivity contribution in [1.82, 2.24) is 0 Å². The van der Waals surface area contributed by atoms with E-state index in [1.807, 2.05) is 0 Å². The van der Waals surface area contributed by atoms with Crippen LogP contribution in [0.5, 0.6) is 11.5 Å². The second kappa shape index (κ2) is 6.87. The number of nitrogens with one attached hydrogen (secondary N) is 1. The number of hydrogen-bond donors (Lipinski definition) is 1. The maximum absolute atomic E-state index is 12.3. The topological polar surface area (TPSA) is 102 Å². The summed E-state index contributed by atoms with van der Waals surface area (Å²) in [6.45, 7) is 0. The quantitative estimate of drug-likeness (QED) is 0.858. The molecule has 0 bridgehead atoms. The van der Waals surface area contributed by atoms with Gasteiger partial charge in [-0.1, -0.05) is 0 Å². The normalized spacial score (nSPS) is 9.68. The van der Waals surface area contributed by atoms with Gasteiger partial charge in [0.15, 0.2) is 17.1 Å². The standard InChI is InChI=1S/C13H7F3N4O2/c1-21-11-3-2-9(4-12(11)22-13(14,15)16)20-10(7-19)8(5-17)6-18/h2-4,20H,1H3. The van der Waals surface area contributed by atoms with E-state index in [1.54, 1.807) is 6.07 Å². The monoisotopic (exact) mass is 308 g/mol. The molecular weight excluding hydrogens is 301 g/mol. The summed E-state index contributed by atoms with van der Waals surface area (Å²) in [6, 6.07) is 7.97. The summed E-state index contributed by atoms with van der Waals surface area (Å²) >= 11 is 0. The number of allylic oxidation sites excluding steroid dienone is 2. The van der Waals surface area contributed by atoms with Crippen LogP contribution in [0.2, 0.25) is 0 Å². The Kier molecular flexibility index (Phi) is 5.21. The third-order valence-electron chi connectivity index (χ3n) is 2.24. The van der Waals surface area contributed by atoms with Gasteiger partial charge in [-0.25, -0.2) is 0 Å². The first-order valence-electron chi connectivity index (χ1n) is 5.50. The highest BCUT2D eigenvalue weighted by Gasteiger charge is 2.32. The number of nitriles is 3. The van der Waals surface area contributed by atoms with Crippen molar-refractivity contribution in [3.05, 3.63) is 29.5 Å². The molecule has 1 rings (SSSR count). The van der Waals surface area contributed by atoms with E-state index in [9.17, 15) is 13.2 Å². The minimum absolute atomic E-state index is 0.0135. The van der Waals surface area contributed by atoms with Crippen LogP contribution in [-0.2, 0) is 0 Å². The summed E-state index contributed by atoms with van der Waals surface area (Å²) < 4.78 is 45.5. The fourth-order valence-electron chi connectivity index (χ4n) is 1.39. The van der Waals surface area contributed by atoms with Gasteiger partial charge in [0, 0.05) is 11.8 Å². The van der Waals surface area contributed by atoms with Crippen molar-refractivity contribution in [2.75, 3.05) is 12.4 Å². The molecule has 0 fully saturated rings. The van der Waals surface area contributed by atoms with E-state index in [0.717, 1.165) is 13.2 Å². The number of halogens is 3. The Balaban J connectivity index is 3.22. The maximum atomic E-state index is 12.3. The van der Waals surface area contributed by atoms with Gasteiger partial charge in [0.2, 0.25) is 0 Å². The molecule has 0 heterocycles. The smallest absolute Gasteiger partial charge is 0.493 e. The molecule has 0 spiro atoms. The van der Waals surface area contributed by atoms with Crippen LogP contribution in [-0.4, -0.2) is 13.5 Å². The van der Waals surface area contributed by atoms with E-state index in [1.165, 1.54) is 24.3 Å². The molecule has 22 heavy (non-hydrogen) atoms. The lowest BCUT2D eigenvalue weighted by atomic mass is 10.2. The van der Waals surface area contributed by atoms with E-state index < -0.39 is 23.4 Å². The van der Waals surface area contributed by atoms with Gasteiger partial charge in [-0.05, 0) is 12.1 Å². The van der Waals surface area contributed by atoms with Gasteiger partial charge in [-0.3, -0.25) is 0 Å². The molecule has 0 aliphatic rings. The molecule has 112 valence electrons. The van der Waals surface area contributed by atoms with Crippen molar-refractivity contribution in [2.45, 2.75) is 6.36 Å². The van der Waals surface area contributed by atoms with Crippen molar-refractivity contribution in [2.24, 2.45) is 0 Å². The molecule has 0 aliphatic heterocycles. The largest absolute Gasteiger partial charge is 0.573 e. The zero-order valence-corrected chi connectivity index (χ0v) is 11.0. The summed E-state index contributed by atoms with van der Waals surface area (Å²) in [5, 5.41) is 28.6. The first kappa shape index (κ1) is 16.7. The Morgan fingerprint density at radius 2 is 1.73 bits per heavy atom. The predicted molar refractivity (Wildman–Crippen MR) is 67.2 cm³/mol. The summed E-state index contributed by atoms with van der Waals surface area (Å²) in [7, 11) is 1.16. The molecule has 0 amide bonds. The highest BCUT2D eigenvalue weighted by Crippen LogP contribution is 2.34. The summed E-state index contributed by atoms with van der Waals surface area (Å²) in [6.07, 6.45) is -4.93. The van der Waals surface area contributed by atoms with Crippen molar-refractivity contribution in [3.63, 3.8) is 0 Å².